The Balaban J connectivity index is 2.22. The van der Waals surface area contributed by atoms with E-state index in [2.05, 4.69) is 35.1 Å². The zero-order valence-electron chi connectivity index (χ0n) is 10.4. The number of nitrogens with zero attached hydrogens (tertiary/aromatic N) is 3. The number of anilines is 2. The van der Waals surface area contributed by atoms with Gasteiger partial charge in [0, 0.05) is 13.6 Å². The molecule has 0 bridgehead atoms. The second kappa shape index (κ2) is 5.23. The van der Waals surface area contributed by atoms with Gasteiger partial charge in [-0.05, 0) is 12.5 Å². The molecule has 18 heavy (non-hydrogen) atoms. The molecule has 0 amide bonds. The molecule has 0 aliphatic rings. The minimum absolute atomic E-state index is 0.288. The summed E-state index contributed by atoms with van der Waals surface area (Å²) in [7, 11) is 1.93. The average Bonchev–Trinajstić information content (AvgIpc) is 2.32. The number of aryl methyl sites for hydroxylation is 1. The summed E-state index contributed by atoms with van der Waals surface area (Å²) >= 11 is 5.88. The van der Waals surface area contributed by atoms with Crippen LogP contribution in [0.15, 0.2) is 30.6 Å². The molecular formula is C13H15ClN4. The van der Waals surface area contributed by atoms with Crippen LogP contribution in [0.1, 0.15) is 11.1 Å². The maximum absolute atomic E-state index is 5.88. The summed E-state index contributed by atoms with van der Waals surface area (Å²) in [6, 6.07) is 8.31. The topological polar surface area (TPSA) is 55.0 Å². The highest BCUT2D eigenvalue weighted by Gasteiger charge is 2.10. The first kappa shape index (κ1) is 12.6. The van der Waals surface area contributed by atoms with Gasteiger partial charge in [0.05, 0.1) is 0 Å². The van der Waals surface area contributed by atoms with E-state index in [0.29, 0.717) is 11.5 Å². The Bertz CT molecular complexity index is 556. The molecule has 0 radical (unpaired) electrons. The van der Waals surface area contributed by atoms with Crippen molar-refractivity contribution < 1.29 is 0 Å². The van der Waals surface area contributed by atoms with Crippen LogP contribution in [-0.2, 0) is 6.54 Å². The van der Waals surface area contributed by atoms with Crippen LogP contribution in [-0.4, -0.2) is 17.0 Å². The van der Waals surface area contributed by atoms with Crippen LogP contribution in [0.4, 0.5) is 11.5 Å². The highest BCUT2D eigenvalue weighted by molar-refractivity contribution is 6.32. The van der Waals surface area contributed by atoms with E-state index in [9.17, 15) is 0 Å². The van der Waals surface area contributed by atoms with Gasteiger partial charge in [-0.3, -0.25) is 0 Å². The van der Waals surface area contributed by atoms with Gasteiger partial charge in [-0.15, -0.1) is 0 Å². The second-order valence-corrected chi connectivity index (χ2v) is 4.60. The van der Waals surface area contributed by atoms with Gasteiger partial charge < -0.3 is 10.6 Å². The Hall–Kier alpha value is -1.81. The van der Waals surface area contributed by atoms with Gasteiger partial charge in [0.25, 0.3) is 0 Å². The lowest BCUT2D eigenvalue weighted by atomic mass is 10.1. The van der Waals surface area contributed by atoms with E-state index in [1.54, 1.807) is 0 Å². The molecule has 0 saturated carbocycles. The van der Waals surface area contributed by atoms with E-state index in [1.807, 2.05) is 18.0 Å². The van der Waals surface area contributed by atoms with Crippen molar-refractivity contribution in [1.29, 1.82) is 0 Å². The molecule has 1 aromatic heterocycles. The maximum atomic E-state index is 5.88. The SMILES string of the molecule is Cc1cccc(CN(C)c2ncnc(Cl)c2N)c1. The Labute approximate surface area is 111 Å². The molecule has 0 unspecified atom stereocenters. The molecule has 4 nitrogen and oxygen atoms in total. The van der Waals surface area contributed by atoms with E-state index < -0.39 is 0 Å². The molecule has 0 saturated heterocycles. The number of aromatic nitrogens is 2. The smallest absolute Gasteiger partial charge is 0.157 e. The third-order valence-electron chi connectivity index (χ3n) is 2.68. The molecule has 1 heterocycles. The Morgan fingerprint density at radius 2 is 2.11 bits per heavy atom. The van der Waals surface area contributed by atoms with Crippen molar-refractivity contribution in [3.8, 4) is 0 Å². The third kappa shape index (κ3) is 2.71. The van der Waals surface area contributed by atoms with E-state index in [0.717, 1.165) is 6.54 Å². The van der Waals surface area contributed by atoms with Crippen molar-refractivity contribution in [3.05, 3.63) is 46.9 Å². The molecule has 2 N–H and O–H groups in total. The quantitative estimate of drug-likeness (QED) is 0.864. The summed E-state index contributed by atoms with van der Waals surface area (Å²) in [6.07, 6.45) is 1.42. The monoisotopic (exact) mass is 262 g/mol. The second-order valence-electron chi connectivity index (χ2n) is 4.25. The molecule has 0 aliphatic carbocycles. The zero-order chi connectivity index (χ0) is 13.1. The predicted molar refractivity (Wildman–Crippen MR) is 74.7 cm³/mol. The van der Waals surface area contributed by atoms with Gasteiger partial charge in [-0.25, -0.2) is 9.97 Å². The van der Waals surface area contributed by atoms with Crippen LogP contribution >= 0.6 is 11.6 Å². The third-order valence-corrected chi connectivity index (χ3v) is 2.98. The minimum Gasteiger partial charge on any atom is -0.393 e. The van der Waals surface area contributed by atoms with Crippen molar-refractivity contribution in [2.75, 3.05) is 17.7 Å². The standard InChI is InChI=1S/C13H15ClN4/c1-9-4-3-5-10(6-9)7-18(2)13-11(15)12(14)16-8-17-13/h3-6,8H,7,15H2,1-2H3. The van der Waals surface area contributed by atoms with Crippen LogP contribution in [0.25, 0.3) is 0 Å². The first-order chi connectivity index (χ1) is 8.58. The summed E-state index contributed by atoms with van der Waals surface area (Å²) in [4.78, 5) is 9.96. The molecule has 2 aromatic rings. The highest BCUT2D eigenvalue weighted by atomic mass is 35.5. The zero-order valence-corrected chi connectivity index (χ0v) is 11.1. The molecular weight excluding hydrogens is 248 g/mol. The molecule has 2 rings (SSSR count). The largest absolute Gasteiger partial charge is 0.393 e. The minimum atomic E-state index is 0.288. The van der Waals surface area contributed by atoms with Gasteiger partial charge in [0.15, 0.2) is 11.0 Å². The van der Waals surface area contributed by atoms with Gasteiger partial charge in [0.2, 0.25) is 0 Å². The predicted octanol–water partition coefficient (Wildman–Crippen LogP) is 2.66. The van der Waals surface area contributed by atoms with Crippen LogP contribution < -0.4 is 10.6 Å². The molecule has 0 aliphatic heterocycles. The molecule has 0 atom stereocenters. The first-order valence-corrected chi connectivity index (χ1v) is 5.98. The van der Waals surface area contributed by atoms with Crippen LogP contribution in [0.2, 0.25) is 5.15 Å². The average molecular weight is 263 g/mol. The Morgan fingerprint density at radius 1 is 1.33 bits per heavy atom. The van der Waals surface area contributed by atoms with Crippen LogP contribution in [0.3, 0.4) is 0 Å². The number of halogens is 1. The normalized spacial score (nSPS) is 10.4. The number of benzene rings is 1. The molecule has 5 heteroatoms. The summed E-state index contributed by atoms with van der Waals surface area (Å²) in [5, 5.41) is 0.288. The number of hydrogen-bond acceptors (Lipinski definition) is 4. The van der Waals surface area contributed by atoms with E-state index >= 15 is 0 Å². The molecule has 0 spiro atoms. The van der Waals surface area contributed by atoms with Crippen LogP contribution in [0, 0.1) is 6.92 Å². The van der Waals surface area contributed by atoms with Crippen LogP contribution in [0.5, 0.6) is 0 Å². The Kier molecular flexibility index (Phi) is 3.67. The fourth-order valence-electron chi connectivity index (χ4n) is 1.83. The first-order valence-electron chi connectivity index (χ1n) is 5.60. The summed E-state index contributed by atoms with van der Waals surface area (Å²) in [5.41, 5.74) is 8.71. The fourth-order valence-corrected chi connectivity index (χ4v) is 1.96. The summed E-state index contributed by atoms with van der Waals surface area (Å²) in [5.74, 6) is 0.650. The van der Waals surface area contributed by atoms with Crippen molar-refractivity contribution >= 4 is 23.1 Å². The molecule has 1 aromatic carbocycles. The summed E-state index contributed by atoms with van der Waals surface area (Å²) < 4.78 is 0. The lowest BCUT2D eigenvalue weighted by Crippen LogP contribution is -2.19. The van der Waals surface area contributed by atoms with Gasteiger partial charge in [-0.1, -0.05) is 41.4 Å². The number of hydrogen-bond donors (Lipinski definition) is 1. The summed E-state index contributed by atoms with van der Waals surface area (Å²) in [6.45, 7) is 2.79. The van der Waals surface area contributed by atoms with Crippen molar-refractivity contribution in [2.45, 2.75) is 13.5 Å². The lowest BCUT2D eigenvalue weighted by molar-refractivity contribution is 0.892. The van der Waals surface area contributed by atoms with Crippen molar-refractivity contribution in [1.82, 2.24) is 9.97 Å². The van der Waals surface area contributed by atoms with Gasteiger partial charge in [-0.2, -0.15) is 0 Å². The van der Waals surface area contributed by atoms with Crippen molar-refractivity contribution in [2.24, 2.45) is 0 Å². The Morgan fingerprint density at radius 3 is 2.83 bits per heavy atom. The van der Waals surface area contributed by atoms with Gasteiger partial charge >= 0.3 is 0 Å². The van der Waals surface area contributed by atoms with E-state index in [1.165, 1.54) is 17.5 Å². The molecule has 94 valence electrons. The van der Waals surface area contributed by atoms with Gasteiger partial charge in [0.1, 0.15) is 12.0 Å². The number of nitrogen functional groups attached to an aromatic ring is 1. The lowest BCUT2D eigenvalue weighted by Gasteiger charge is -2.20. The van der Waals surface area contributed by atoms with Crippen molar-refractivity contribution in [3.63, 3.8) is 0 Å². The molecule has 0 fully saturated rings. The van der Waals surface area contributed by atoms with E-state index in [-0.39, 0.29) is 5.15 Å². The maximum Gasteiger partial charge on any atom is 0.157 e. The van der Waals surface area contributed by atoms with E-state index in [4.69, 9.17) is 17.3 Å². The highest BCUT2D eigenvalue weighted by Crippen LogP contribution is 2.25. The number of nitrogens with two attached hydrogens (primary N) is 1. The number of rotatable bonds is 3. The fraction of sp³-hybridized carbons (Fsp3) is 0.231.